The summed E-state index contributed by atoms with van der Waals surface area (Å²) < 4.78 is 29.6. The summed E-state index contributed by atoms with van der Waals surface area (Å²) in [4.78, 5) is 0. The fourth-order valence-corrected chi connectivity index (χ4v) is 4.59. The minimum absolute atomic E-state index is 0.0615. The van der Waals surface area contributed by atoms with Gasteiger partial charge in [0.05, 0.1) is 0 Å². The summed E-state index contributed by atoms with van der Waals surface area (Å²) in [5, 5.41) is 3.32. The molecule has 5 nitrogen and oxygen atoms in total. The maximum Gasteiger partial charge on any atom is 0.279 e. The molecule has 0 radical (unpaired) electrons. The topological polar surface area (TPSA) is 61.4 Å². The lowest BCUT2D eigenvalue weighted by Gasteiger charge is -2.35. The minimum atomic E-state index is -3.40. The molecule has 0 unspecified atom stereocenters. The summed E-state index contributed by atoms with van der Waals surface area (Å²) in [5.74, 6) is 0. The third kappa shape index (κ3) is 3.51. The molecular weight excluding hydrogens is 298 g/mol. The van der Waals surface area contributed by atoms with Crippen LogP contribution in [0.5, 0.6) is 0 Å². The van der Waals surface area contributed by atoms with Crippen LogP contribution >= 0.6 is 0 Å². The fraction of sp³-hybridized carbons (Fsp3) is 0.625. The molecule has 1 aromatic carbocycles. The summed E-state index contributed by atoms with van der Waals surface area (Å²) >= 11 is 0. The highest BCUT2D eigenvalue weighted by atomic mass is 32.2. The van der Waals surface area contributed by atoms with Crippen molar-refractivity contribution in [2.45, 2.75) is 32.7 Å². The van der Waals surface area contributed by atoms with Crippen LogP contribution in [0.1, 0.15) is 30.9 Å². The molecule has 122 valence electrons. The highest BCUT2D eigenvalue weighted by Crippen LogP contribution is 2.27. The van der Waals surface area contributed by atoms with Crippen molar-refractivity contribution in [3.8, 4) is 0 Å². The predicted octanol–water partition coefficient (Wildman–Crippen LogP) is 1.27. The molecule has 1 aromatic rings. The number of hydrogen-bond donors (Lipinski definition) is 2. The standard InChI is InChI=1S/C16H25N3O2S/c1-16(7-9-17-10-8-16)13-18-22(20,21)19-11-6-14-4-2-3-5-15(14)12-19/h2-5,17-18H,6-13H2,1H3. The first-order valence-corrected chi connectivity index (χ1v) is 9.45. The SMILES string of the molecule is CC1(CNS(=O)(=O)N2CCc3ccccc3C2)CCNCC1. The molecule has 1 fully saturated rings. The second kappa shape index (κ2) is 6.28. The van der Waals surface area contributed by atoms with Crippen molar-refractivity contribution in [3.05, 3.63) is 35.4 Å². The van der Waals surface area contributed by atoms with Crippen molar-refractivity contribution in [3.63, 3.8) is 0 Å². The van der Waals surface area contributed by atoms with Crippen LogP contribution in [0.25, 0.3) is 0 Å². The number of benzene rings is 1. The van der Waals surface area contributed by atoms with Gasteiger partial charge in [-0.25, -0.2) is 4.72 Å². The molecule has 0 aromatic heterocycles. The maximum atomic E-state index is 12.6. The van der Waals surface area contributed by atoms with Crippen molar-refractivity contribution in [1.82, 2.24) is 14.3 Å². The number of rotatable bonds is 4. The monoisotopic (exact) mass is 323 g/mol. The van der Waals surface area contributed by atoms with Gasteiger partial charge in [0.15, 0.2) is 0 Å². The van der Waals surface area contributed by atoms with E-state index >= 15 is 0 Å². The van der Waals surface area contributed by atoms with Gasteiger partial charge < -0.3 is 5.32 Å². The molecule has 2 N–H and O–H groups in total. The van der Waals surface area contributed by atoms with Crippen LogP contribution in [0, 0.1) is 5.41 Å². The summed E-state index contributed by atoms with van der Waals surface area (Å²) in [6.45, 7) is 5.66. The molecule has 2 aliphatic rings. The average Bonchev–Trinajstić information content (AvgIpc) is 2.53. The third-order valence-electron chi connectivity index (χ3n) is 4.93. The van der Waals surface area contributed by atoms with Gasteiger partial charge in [-0.1, -0.05) is 31.2 Å². The zero-order valence-electron chi connectivity index (χ0n) is 13.1. The molecule has 0 aliphatic carbocycles. The Hall–Kier alpha value is -0.950. The van der Waals surface area contributed by atoms with Gasteiger partial charge in [0.1, 0.15) is 0 Å². The molecule has 3 rings (SSSR count). The van der Waals surface area contributed by atoms with Gasteiger partial charge in [-0.15, -0.1) is 0 Å². The van der Waals surface area contributed by atoms with E-state index in [1.165, 1.54) is 5.56 Å². The van der Waals surface area contributed by atoms with Crippen LogP contribution in [-0.2, 0) is 23.2 Å². The smallest absolute Gasteiger partial charge is 0.279 e. The first-order valence-electron chi connectivity index (χ1n) is 8.01. The van der Waals surface area contributed by atoms with Gasteiger partial charge in [-0.2, -0.15) is 12.7 Å². The maximum absolute atomic E-state index is 12.6. The van der Waals surface area contributed by atoms with E-state index in [4.69, 9.17) is 0 Å². The zero-order chi connectivity index (χ0) is 15.6. The van der Waals surface area contributed by atoms with E-state index in [0.717, 1.165) is 37.9 Å². The van der Waals surface area contributed by atoms with Crippen molar-refractivity contribution >= 4 is 10.2 Å². The quantitative estimate of drug-likeness (QED) is 0.877. The van der Waals surface area contributed by atoms with Crippen LogP contribution in [0.2, 0.25) is 0 Å². The molecule has 1 saturated heterocycles. The van der Waals surface area contributed by atoms with E-state index in [1.54, 1.807) is 4.31 Å². The lowest BCUT2D eigenvalue weighted by molar-refractivity contribution is 0.230. The van der Waals surface area contributed by atoms with Crippen LogP contribution in [-0.4, -0.2) is 38.9 Å². The minimum Gasteiger partial charge on any atom is -0.317 e. The second-order valence-electron chi connectivity index (χ2n) is 6.74. The molecule has 6 heteroatoms. The van der Waals surface area contributed by atoms with Crippen LogP contribution < -0.4 is 10.0 Å². The molecule has 22 heavy (non-hydrogen) atoms. The van der Waals surface area contributed by atoms with Gasteiger partial charge in [-0.05, 0) is 48.9 Å². The lowest BCUT2D eigenvalue weighted by Crippen LogP contribution is -2.48. The molecular formula is C16H25N3O2S. The Balaban J connectivity index is 1.64. The van der Waals surface area contributed by atoms with Gasteiger partial charge >= 0.3 is 0 Å². The van der Waals surface area contributed by atoms with E-state index in [9.17, 15) is 8.42 Å². The fourth-order valence-electron chi connectivity index (χ4n) is 3.24. The number of nitrogens with zero attached hydrogens (tertiary/aromatic N) is 1. The van der Waals surface area contributed by atoms with Crippen LogP contribution in [0.3, 0.4) is 0 Å². The summed E-state index contributed by atoms with van der Waals surface area (Å²) in [6.07, 6.45) is 2.81. The van der Waals surface area contributed by atoms with E-state index in [1.807, 2.05) is 18.2 Å². The normalized spacial score (nSPS) is 22.2. The van der Waals surface area contributed by atoms with E-state index in [0.29, 0.717) is 19.6 Å². The number of piperidine rings is 1. The molecule has 0 atom stereocenters. The number of fused-ring (bicyclic) bond motifs is 1. The summed E-state index contributed by atoms with van der Waals surface area (Å²) in [5.41, 5.74) is 2.44. The van der Waals surface area contributed by atoms with Crippen LogP contribution in [0.4, 0.5) is 0 Å². The lowest BCUT2D eigenvalue weighted by atomic mass is 9.81. The largest absolute Gasteiger partial charge is 0.317 e. The number of hydrogen-bond acceptors (Lipinski definition) is 3. The van der Waals surface area contributed by atoms with Crippen molar-refractivity contribution in [2.24, 2.45) is 5.41 Å². The second-order valence-corrected chi connectivity index (χ2v) is 8.49. The van der Waals surface area contributed by atoms with Gasteiger partial charge in [0.25, 0.3) is 10.2 Å². The number of nitrogens with one attached hydrogen (secondary N) is 2. The zero-order valence-corrected chi connectivity index (χ0v) is 14.0. The molecule has 0 bridgehead atoms. The van der Waals surface area contributed by atoms with E-state index in [2.05, 4.69) is 23.0 Å². The Morgan fingerprint density at radius 2 is 1.91 bits per heavy atom. The Bertz CT molecular complexity index is 624. The van der Waals surface area contributed by atoms with E-state index < -0.39 is 10.2 Å². The molecule has 2 aliphatic heterocycles. The first kappa shape index (κ1) is 15.9. The Kier molecular flexibility index (Phi) is 4.54. The molecule has 0 spiro atoms. The van der Waals surface area contributed by atoms with Gasteiger partial charge in [-0.3, -0.25) is 0 Å². The Morgan fingerprint density at radius 1 is 1.23 bits per heavy atom. The van der Waals surface area contributed by atoms with Crippen molar-refractivity contribution < 1.29 is 8.42 Å². The van der Waals surface area contributed by atoms with Crippen molar-refractivity contribution in [1.29, 1.82) is 0 Å². The summed E-state index contributed by atoms with van der Waals surface area (Å²) in [7, 11) is -3.40. The summed E-state index contributed by atoms with van der Waals surface area (Å²) in [6, 6.07) is 8.09. The van der Waals surface area contributed by atoms with Gasteiger partial charge in [0.2, 0.25) is 0 Å². The Labute approximate surface area is 133 Å². The average molecular weight is 323 g/mol. The van der Waals surface area contributed by atoms with Crippen molar-refractivity contribution in [2.75, 3.05) is 26.2 Å². The molecule has 0 saturated carbocycles. The predicted molar refractivity (Wildman–Crippen MR) is 87.7 cm³/mol. The first-order chi connectivity index (χ1) is 10.5. The van der Waals surface area contributed by atoms with Gasteiger partial charge in [0, 0.05) is 19.6 Å². The van der Waals surface area contributed by atoms with Crippen LogP contribution in [0.15, 0.2) is 24.3 Å². The molecule has 2 heterocycles. The third-order valence-corrected chi connectivity index (χ3v) is 6.43. The highest BCUT2D eigenvalue weighted by molar-refractivity contribution is 7.87. The van der Waals surface area contributed by atoms with E-state index in [-0.39, 0.29) is 5.41 Å². The highest BCUT2D eigenvalue weighted by Gasteiger charge is 2.31. The molecule has 0 amide bonds. The Morgan fingerprint density at radius 3 is 2.64 bits per heavy atom.